The molecule has 1 saturated heterocycles. The number of pyridine rings is 1. The van der Waals surface area contributed by atoms with Crippen LogP contribution in [0.1, 0.15) is 30.4 Å². The van der Waals surface area contributed by atoms with Crippen molar-refractivity contribution in [3.05, 3.63) is 41.6 Å². The number of primary amides is 1. The van der Waals surface area contributed by atoms with Crippen LogP contribution in [0.5, 0.6) is 0 Å². The van der Waals surface area contributed by atoms with E-state index in [1.54, 1.807) is 42.9 Å². The van der Waals surface area contributed by atoms with Gasteiger partial charge in [0, 0.05) is 19.9 Å². The third kappa shape index (κ3) is 2.34. The van der Waals surface area contributed by atoms with Crippen LogP contribution in [-0.2, 0) is 14.2 Å². The van der Waals surface area contributed by atoms with Gasteiger partial charge in [-0.05, 0) is 6.07 Å². The van der Waals surface area contributed by atoms with E-state index in [2.05, 4.69) is 0 Å². The monoisotopic (exact) mass is 293 g/mol. The predicted octanol–water partition coefficient (Wildman–Crippen LogP) is -0.0428. The van der Waals surface area contributed by atoms with Gasteiger partial charge in [0.15, 0.2) is 23.9 Å². The molecular formula is C14H17N2O5+. The first-order chi connectivity index (χ1) is 9.91. The van der Waals surface area contributed by atoms with E-state index in [0.29, 0.717) is 17.1 Å². The van der Waals surface area contributed by atoms with Crippen LogP contribution in [0, 0.1) is 0 Å². The van der Waals surface area contributed by atoms with Gasteiger partial charge < -0.3 is 25.1 Å². The van der Waals surface area contributed by atoms with Crippen LogP contribution in [-0.4, -0.2) is 29.5 Å². The minimum Gasteiger partial charge on any atom is -0.460 e. The Kier molecular flexibility index (Phi) is 3.11. The quantitative estimate of drug-likeness (QED) is 0.762. The van der Waals surface area contributed by atoms with Gasteiger partial charge in [-0.2, -0.15) is 4.57 Å². The smallest absolute Gasteiger partial charge is 0.336 e. The van der Waals surface area contributed by atoms with Crippen molar-refractivity contribution in [1.29, 1.82) is 0 Å². The molecule has 2 aliphatic heterocycles. The largest absolute Gasteiger partial charge is 0.460 e. The average Bonchev–Trinajstić information content (AvgIpc) is 2.91. The molecule has 0 spiro atoms. The zero-order valence-corrected chi connectivity index (χ0v) is 11.8. The summed E-state index contributed by atoms with van der Waals surface area (Å²) in [6.45, 7) is 3.29. The molecule has 1 amide bonds. The van der Waals surface area contributed by atoms with Crippen molar-refractivity contribution in [2.75, 3.05) is 6.61 Å². The Morgan fingerprint density at radius 1 is 1.52 bits per heavy atom. The fourth-order valence-corrected chi connectivity index (χ4v) is 2.50. The molecule has 0 aromatic carbocycles. The van der Waals surface area contributed by atoms with E-state index in [1.165, 1.54) is 0 Å². The van der Waals surface area contributed by atoms with Crippen LogP contribution >= 0.6 is 0 Å². The highest BCUT2D eigenvalue weighted by molar-refractivity contribution is 5.92. The molecule has 3 heterocycles. The van der Waals surface area contributed by atoms with E-state index in [0.717, 1.165) is 0 Å². The van der Waals surface area contributed by atoms with Crippen molar-refractivity contribution in [2.24, 2.45) is 5.73 Å². The highest BCUT2D eigenvalue weighted by atomic mass is 16.8. The molecule has 7 heteroatoms. The molecular weight excluding hydrogens is 276 g/mol. The van der Waals surface area contributed by atoms with Crippen molar-refractivity contribution in [3.63, 3.8) is 0 Å². The molecule has 112 valence electrons. The molecule has 0 saturated carbocycles. The number of hydrogen-bond donors (Lipinski definition) is 2. The molecule has 7 nitrogen and oxygen atoms in total. The Balaban J connectivity index is 1.95. The number of aromatic nitrogens is 1. The summed E-state index contributed by atoms with van der Waals surface area (Å²) < 4.78 is 18.9. The molecule has 3 rings (SSSR count). The normalized spacial score (nSPS) is 26.2. The molecule has 0 bridgehead atoms. The molecule has 21 heavy (non-hydrogen) atoms. The van der Waals surface area contributed by atoms with Crippen LogP contribution in [0.3, 0.4) is 0 Å². The molecule has 1 unspecified atom stereocenters. The molecule has 0 radical (unpaired) electrons. The summed E-state index contributed by atoms with van der Waals surface area (Å²) in [4.78, 5) is 11.3. The first kappa shape index (κ1) is 13.8. The molecule has 3 N–H and O–H groups in total. The lowest BCUT2D eigenvalue weighted by Crippen LogP contribution is -2.46. The summed E-state index contributed by atoms with van der Waals surface area (Å²) >= 11 is 0. The number of hydrogen-bond acceptors (Lipinski definition) is 5. The SMILES string of the molecule is CC1(C)OC2=C(CO)O[C@@H]([n+]3cccc(C(N)=O)c3)C2O1. The molecule has 1 aromatic rings. The fourth-order valence-electron chi connectivity index (χ4n) is 2.50. The van der Waals surface area contributed by atoms with Crippen LogP contribution in [0.4, 0.5) is 0 Å². The Morgan fingerprint density at radius 2 is 2.29 bits per heavy atom. The number of amides is 1. The van der Waals surface area contributed by atoms with Crippen molar-refractivity contribution >= 4 is 5.91 Å². The minimum absolute atomic E-state index is 0.280. The Morgan fingerprint density at radius 3 is 2.95 bits per heavy atom. The number of aliphatic hydroxyl groups is 1. The molecule has 2 aliphatic rings. The van der Waals surface area contributed by atoms with Gasteiger partial charge in [0.1, 0.15) is 12.2 Å². The highest BCUT2D eigenvalue weighted by Crippen LogP contribution is 2.42. The molecule has 0 aliphatic carbocycles. The van der Waals surface area contributed by atoms with Crippen LogP contribution < -0.4 is 10.3 Å². The number of carbonyl (C=O) groups excluding carboxylic acids is 1. The Labute approximate surface area is 121 Å². The van der Waals surface area contributed by atoms with Crippen molar-refractivity contribution in [1.82, 2.24) is 0 Å². The first-order valence-corrected chi connectivity index (χ1v) is 6.59. The highest BCUT2D eigenvalue weighted by Gasteiger charge is 2.54. The van der Waals surface area contributed by atoms with Gasteiger partial charge in [0.2, 0.25) is 11.9 Å². The number of carbonyl (C=O) groups is 1. The summed E-state index contributed by atoms with van der Waals surface area (Å²) in [6, 6.07) is 3.31. The van der Waals surface area contributed by atoms with E-state index < -0.39 is 24.0 Å². The van der Waals surface area contributed by atoms with Crippen LogP contribution in [0.2, 0.25) is 0 Å². The summed E-state index contributed by atoms with van der Waals surface area (Å²) in [5.41, 5.74) is 5.64. The summed E-state index contributed by atoms with van der Waals surface area (Å²) in [6.07, 6.45) is 2.29. The standard InChI is InChI=1S/C14H16N2O5/c1-14(2)20-10-9(7-17)19-13(11(10)21-14)16-5-3-4-8(6-16)12(15)18/h3-6,11,13,17H,7H2,1-2H3,(H-,15,18)/p+1/t11?,13-/m1/s1. The maximum Gasteiger partial charge on any atom is 0.336 e. The third-order valence-corrected chi connectivity index (χ3v) is 3.37. The zero-order chi connectivity index (χ0) is 15.2. The summed E-state index contributed by atoms with van der Waals surface area (Å²) in [5, 5.41) is 9.39. The summed E-state index contributed by atoms with van der Waals surface area (Å²) in [5.74, 6) is -0.483. The van der Waals surface area contributed by atoms with Crippen molar-refractivity contribution in [3.8, 4) is 0 Å². The topological polar surface area (TPSA) is 94.9 Å². The van der Waals surface area contributed by atoms with Gasteiger partial charge >= 0.3 is 6.23 Å². The van der Waals surface area contributed by atoms with Gasteiger partial charge in [-0.25, -0.2) is 0 Å². The second-order valence-corrected chi connectivity index (χ2v) is 5.40. The maximum absolute atomic E-state index is 11.3. The number of ether oxygens (including phenoxy) is 3. The second kappa shape index (κ2) is 4.71. The van der Waals surface area contributed by atoms with Gasteiger partial charge in [0.05, 0.1) is 0 Å². The Bertz CT molecular complexity index is 626. The Hall–Kier alpha value is -2.12. The van der Waals surface area contributed by atoms with E-state index in [4.69, 9.17) is 19.9 Å². The number of nitrogens with zero attached hydrogens (tertiary/aromatic N) is 1. The van der Waals surface area contributed by atoms with Gasteiger partial charge in [-0.3, -0.25) is 4.79 Å². The van der Waals surface area contributed by atoms with Gasteiger partial charge in [-0.1, -0.05) is 0 Å². The second-order valence-electron chi connectivity index (χ2n) is 5.40. The fraction of sp³-hybridized carbons (Fsp3) is 0.429. The first-order valence-electron chi connectivity index (χ1n) is 6.59. The van der Waals surface area contributed by atoms with Gasteiger partial charge in [-0.15, -0.1) is 0 Å². The van der Waals surface area contributed by atoms with Crippen LogP contribution in [0.25, 0.3) is 0 Å². The van der Waals surface area contributed by atoms with Gasteiger partial charge in [0.25, 0.3) is 5.91 Å². The lowest BCUT2D eigenvalue weighted by molar-refractivity contribution is -0.763. The number of aliphatic hydroxyl groups excluding tert-OH is 1. The van der Waals surface area contributed by atoms with E-state index >= 15 is 0 Å². The molecule has 1 aromatic heterocycles. The predicted molar refractivity (Wildman–Crippen MR) is 69.4 cm³/mol. The lowest BCUT2D eigenvalue weighted by Gasteiger charge is -2.19. The molecule has 1 fully saturated rings. The zero-order valence-electron chi connectivity index (χ0n) is 11.8. The van der Waals surface area contributed by atoms with Crippen LogP contribution in [0.15, 0.2) is 36.0 Å². The number of rotatable bonds is 3. The van der Waals surface area contributed by atoms with E-state index in [9.17, 15) is 9.90 Å². The minimum atomic E-state index is -0.787. The molecule has 2 atom stereocenters. The van der Waals surface area contributed by atoms with E-state index in [1.807, 2.05) is 0 Å². The third-order valence-electron chi connectivity index (χ3n) is 3.37. The van der Waals surface area contributed by atoms with E-state index in [-0.39, 0.29) is 6.61 Å². The number of fused-ring (bicyclic) bond motifs is 1. The lowest BCUT2D eigenvalue weighted by atomic mass is 10.2. The average molecular weight is 293 g/mol. The number of nitrogens with two attached hydrogens (primary N) is 1. The van der Waals surface area contributed by atoms with Crippen molar-refractivity contribution < 1.29 is 28.7 Å². The summed E-state index contributed by atoms with van der Waals surface area (Å²) in [7, 11) is 0. The maximum atomic E-state index is 11.3. The van der Waals surface area contributed by atoms with Crippen molar-refractivity contribution in [2.45, 2.75) is 32.0 Å².